The number of nitrogens with zero attached hydrogens (tertiary/aromatic N) is 1. The van der Waals surface area contributed by atoms with Crippen molar-refractivity contribution in [3.05, 3.63) is 169 Å². The van der Waals surface area contributed by atoms with Crippen molar-refractivity contribution in [1.29, 1.82) is 0 Å². The summed E-state index contributed by atoms with van der Waals surface area (Å²) in [6.45, 7) is 0. The molecule has 0 saturated heterocycles. The molecule has 2 heterocycles. The Bertz CT molecular complexity index is 2650. The molecular weight excluding hydrogens is 558 g/mol. The molecular formula is C44H29NO. The molecule has 0 fully saturated rings. The van der Waals surface area contributed by atoms with Crippen LogP contribution in [0.25, 0.3) is 77.2 Å². The second-order valence-electron chi connectivity index (χ2n) is 12.4. The molecule has 0 radical (unpaired) electrons. The van der Waals surface area contributed by atoms with E-state index in [0.717, 1.165) is 23.5 Å². The highest BCUT2D eigenvalue weighted by Crippen LogP contribution is 2.45. The Labute approximate surface area is 266 Å². The summed E-state index contributed by atoms with van der Waals surface area (Å²) in [6.07, 6.45) is 5.44. The van der Waals surface area contributed by atoms with Gasteiger partial charge in [0, 0.05) is 33.3 Å². The fraction of sp³-hybridized carbons (Fsp3) is 0.0455. The number of benzene rings is 7. The van der Waals surface area contributed by atoms with Gasteiger partial charge in [-0.3, -0.25) is 0 Å². The molecule has 0 N–H and O–H groups in total. The van der Waals surface area contributed by atoms with Crippen LogP contribution in [0.3, 0.4) is 0 Å². The lowest BCUT2D eigenvalue weighted by Crippen LogP contribution is -2.04. The standard InChI is InChI=1S/C44H29NO/c1-2-11-28(12-3-1)38-27-40-43(36-17-7-6-15-34(36)38)42-32-14-5-4-13-29(32)23-26-39(42)45(40)31-24-21-30(22-25-31)33-18-10-19-37-35-16-8-9-20-41(35)46-44(33)37/h1-17,19-27,33H,18H2. The van der Waals surface area contributed by atoms with Gasteiger partial charge < -0.3 is 8.98 Å². The minimum Gasteiger partial charge on any atom is -0.460 e. The molecule has 2 aromatic heterocycles. The van der Waals surface area contributed by atoms with Crippen LogP contribution in [0, 0.1) is 0 Å². The van der Waals surface area contributed by atoms with Gasteiger partial charge in [0.05, 0.1) is 11.0 Å². The van der Waals surface area contributed by atoms with Crippen LogP contribution < -0.4 is 0 Å². The quantitative estimate of drug-likeness (QED) is 0.201. The Kier molecular flexibility index (Phi) is 5.44. The lowest BCUT2D eigenvalue weighted by molar-refractivity contribution is 0.516. The molecule has 1 aliphatic carbocycles. The number of aromatic nitrogens is 1. The summed E-state index contributed by atoms with van der Waals surface area (Å²) in [7, 11) is 0. The Hall–Kier alpha value is -5.86. The first-order valence-corrected chi connectivity index (χ1v) is 16.0. The zero-order chi connectivity index (χ0) is 30.2. The molecule has 216 valence electrons. The van der Waals surface area contributed by atoms with E-state index in [2.05, 4.69) is 156 Å². The average Bonchev–Trinajstić information content (AvgIpc) is 3.68. The number of rotatable bonds is 3. The number of para-hydroxylation sites is 1. The summed E-state index contributed by atoms with van der Waals surface area (Å²) >= 11 is 0. The van der Waals surface area contributed by atoms with Gasteiger partial charge in [-0.05, 0) is 75.0 Å². The van der Waals surface area contributed by atoms with Crippen molar-refractivity contribution >= 4 is 60.4 Å². The highest BCUT2D eigenvalue weighted by molar-refractivity contribution is 6.30. The molecule has 1 unspecified atom stereocenters. The predicted molar refractivity (Wildman–Crippen MR) is 193 cm³/mol. The van der Waals surface area contributed by atoms with Crippen LogP contribution in [0.15, 0.2) is 156 Å². The van der Waals surface area contributed by atoms with Crippen LogP contribution in [0.4, 0.5) is 0 Å². The maximum absolute atomic E-state index is 6.46. The normalized spacial score (nSPS) is 14.6. The van der Waals surface area contributed by atoms with Gasteiger partial charge in [-0.15, -0.1) is 0 Å². The molecule has 0 saturated carbocycles. The highest BCUT2D eigenvalue weighted by Gasteiger charge is 2.26. The minimum absolute atomic E-state index is 0.192. The van der Waals surface area contributed by atoms with E-state index in [1.807, 2.05) is 6.07 Å². The van der Waals surface area contributed by atoms with Gasteiger partial charge in [-0.25, -0.2) is 0 Å². The number of hydrogen-bond acceptors (Lipinski definition) is 1. The van der Waals surface area contributed by atoms with Crippen molar-refractivity contribution in [3.8, 4) is 16.8 Å². The van der Waals surface area contributed by atoms with Crippen LogP contribution in [0.1, 0.15) is 29.2 Å². The maximum Gasteiger partial charge on any atom is 0.134 e. The third kappa shape index (κ3) is 3.64. The number of allylic oxidation sites excluding steroid dienone is 1. The Morgan fingerprint density at radius 2 is 1.26 bits per heavy atom. The fourth-order valence-electron chi connectivity index (χ4n) is 7.86. The summed E-state index contributed by atoms with van der Waals surface area (Å²) in [5, 5.41) is 8.89. The molecule has 1 aliphatic rings. The zero-order valence-electron chi connectivity index (χ0n) is 25.2. The molecule has 2 nitrogen and oxygen atoms in total. The van der Waals surface area contributed by atoms with Crippen molar-refractivity contribution in [2.75, 3.05) is 0 Å². The monoisotopic (exact) mass is 587 g/mol. The van der Waals surface area contributed by atoms with Gasteiger partial charge in [-0.1, -0.05) is 127 Å². The van der Waals surface area contributed by atoms with E-state index in [9.17, 15) is 0 Å². The van der Waals surface area contributed by atoms with E-state index in [-0.39, 0.29) is 5.92 Å². The van der Waals surface area contributed by atoms with Gasteiger partial charge in [-0.2, -0.15) is 0 Å². The third-order valence-electron chi connectivity index (χ3n) is 9.94. The zero-order valence-corrected chi connectivity index (χ0v) is 25.2. The lowest BCUT2D eigenvalue weighted by atomic mass is 9.87. The van der Waals surface area contributed by atoms with Crippen molar-refractivity contribution in [3.63, 3.8) is 0 Å². The SMILES string of the molecule is C1=Cc2c(oc3ccccc23)C(c2ccc(-n3c4ccc5ccccc5c4c4c5ccccc5c(-c5ccccc5)cc43)cc2)C1. The highest BCUT2D eigenvalue weighted by atomic mass is 16.3. The molecule has 1 atom stereocenters. The van der Waals surface area contributed by atoms with Crippen LogP contribution in [0.5, 0.6) is 0 Å². The molecule has 46 heavy (non-hydrogen) atoms. The fourth-order valence-corrected chi connectivity index (χ4v) is 7.86. The molecule has 0 amide bonds. The van der Waals surface area contributed by atoms with Gasteiger partial charge in [0.25, 0.3) is 0 Å². The third-order valence-corrected chi connectivity index (χ3v) is 9.94. The van der Waals surface area contributed by atoms with E-state index < -0.39 is 0 Å². The number of hydrogen-bond donors (Lipinski definition) is 0. The first-order chi connectivity index (χ1) is 22.8. The van der Waals surface area contributed by atoms with Gasteiger partial charge in [0.15, 0.2) is 0 Å². The Morgan fingerprint density at radius 1 is 0.565 bits per heavy atom. The predicted octanol–water partition coefficient (Wildman–Crippen LogP) is 12.1. The van der Waals surface area contributed by atoms with Crippen molar-refractivity contribution < 1.29 is 4.42 Å². The number of fused-ring (bicyclic) bond motifs is 10. The molecule has 2 heteroatoms. The second-order valence-corrected chi connectivity index (χ2v) is 12.4. The van der Waals surface area contributed by atoms with Crippen molar-refractivity contribution in [2.24, 2.45) is 0 Å². The lowest BCUT2D eigenvalue weighted by Gasteiger charge is -2.19. The molecule has 9 aromatic rings. The van der Waals surface area contributed by atoms with E-state index in [4.69, 9.17) is 4.42 Å². The van der Waals surface area contributed by atoms with E-state index in [1.165, 1.54) is 71.0 Å². The van der Waals surface area contributed by atoms with Crippen LogP contribution >= 0.6 is 0 Å². The maximum atomic E-state index is 6.46. The topological polar surface area (TPSA) is 18.1 Å². The molecule has 0 bridgehead atoms. The van der Waals surface area contributed by atoms with E-state index in [1.54, 1.807) is 0 Å². The van der Waals surface area contributed by atoms with Gasteiger partial charge >= 0.3 is 0 Å². The van der Waals surface area contributed by atoms with Crippen LogP contribution in [-0.2, 0) is 0 Å². The molecule has 0 spiro atoms. The van der Waals surface area contributed by atoms with Gasteiger partial charge in [0.1, 0.15) is 11.3 Å². The first kappa shape index (κ1) is 25.5. The smallest absolute Gasteiger partial charge is 0.134 e. The largest absolute Gasteiger partial charge is 0.460 e. The molecule has 10 rings (SSSR count). The summed E-state index contributed by atoms with van der Waals surface area (Å²) in [6, 6.07) is 53.0. The summed E-state index contributed by atoms with van der Waals surface area (Å²) in [4.78, 5) is 0. The summed E-state index contributed by atoms with van der Waals surface area (Å²) in [5.41, 5.74) is 9.52. The second kappa shape index (κ2) is 9.82. The van der Waals surface area contributed by atoms with Crippen LogP contribution in [-0.4, -0.2) is 4.57 Å². The van der Waals surface area contributed by atoms with Crippen LogP contribution in [0.2, 0.25) is 0 Å². The minimum atomic E-state index is 0.192. The first-order valence-electron chi connectivity index (χ1n) is 16.0. The van der Waals surface area contributed by atoms with E-state index >= 15 is 0 Å². The summed E-state index contributed by atoms with van der Waals surface area (Å²) < 4.78 is 8.92. The summed E-state index contributed by atoms with van der Waals surface area (Å²) in [5.74, 6) is 1.26. The molecule has 7 aromatic carbocycles. The Morgan fingerprint density at radius 3 is 2.11 bits per heavy atom. The molecule has 0 aliphatic heterocycles. The average molecular weight is 588 g/mol. The van der Waals surface area contributed by atoms with Crippen molar-refractivity contribution in [1.82, 2.24) is 4.57 Å². The Balaban J connectivity index is 1.23. The van der Waals surface area contributed by atoms with E-state index in [0.29, 0.717) is 0 Å². The van der Waals surface area contributed by atoms with Gasteiger partial charge in [0.2, 0.25) is 0 Å². The van der Waals surface area contributed by atoms with Crippen molar-refractivity contribution in [2.45, 2.75) is 12.3 Å². The number of furan rings is 1.